The van der Waals surface area contributed by atoms with E-state index in [0.717, 1.165) is 5.56 Å². The molecule has 1 fully saturated rings. The van der Waals surface area contributed by atoms with Crippen LogP contribution in [0.25, 0.3) is 0 Å². The fourth-order valence-electron chi connectivity index (χ4n) is 4.07. The molecule has 0 bridgehead atoms. The van der Waals surface area contributed by atoms with E-state index in [1.807, 2.05) is 18.4 Å². The second kappa shape index (κ2) is 12.1. The average Bonchev–Trinajstić information content (AvgIpc) is 3.35. The fraction of sp³-hybridized carbons (Fsp3) is 0.500. The first-order valence-electron chi connectivity index (χ1n) is 10.9. The summed E-state index contributed by atoms with van der Waals surface area (Å²) in [5.41, 5.74) is 1.38. The van der Waals surface area contributed by atoms with Crippen molar-refractivity contribution in [1.82, 2.24) is 0 Å². The largest absolute Gasteiger partial charge is 0.493 e. The second-order valence-electron chi connectivity index (χ2n) is 7.80. The van der Waals surface area contributed by atoms with Crippen LogP contribution in [0.1, 0.15) is 36.2 Å². The third-order valence-electron chi connectivity index (χ3n) is 5.66. The maximum atomic E-state index is 12.7. The van der Waals surface area contributed by atoms with E-state index in [1.165, 1.54) is 31.5 Å². The number of methoxy groups -OCH3 is 4. The highest BCUT2D eigenvalue weighted by Crippen LogP contribution is 2.48. The summed E-state index contributed by atoms with van der Waals surface area (Å²) in [7, 11) is 2.60. The second-order valence-corrected chi connectivity index (χ2v) is 10.4. The van der Waals surface area contributed by atoms with E-state index in [1.54, 1.807) is 27.4 Å². The van der Waals surface area contributed by atoms with Crippen LogP contribution in [0.15, 0.2) is 29.2 Å². The highest BCUT2D eigenvalue weighted by atomic mass is 32.2. The van der Waals surface area contributed by atoms with Gasteiger partial charge in [0.2, 0.25) is 5.75 Å². The molecular weight excluding hydrogens is 496 g/mol. The van der Waals surface area contributed by atoms with Crippen molar-refractivity contribution in [3.8, 4) is 28.7 Å². The van der Waals surface area contributed by atoms with Crippen LogP contribution < -0.4 is 23.7 Å². The van der Waals surface area contributed by atoms with Crippen LogP contribution in [-0.4, -0.2) is 62.6 Å². The van der Waals surface area contributed by atoms with Gasteiger partial charge >= 0.3 is 0 Å². The molecule has 1 heterocycles. The predicted molar refractivity (Wildman–Crippen MR) is 133 cm³/mol. The van der Waals surface area contributed by atoms with E-state index in [0.29, 0.717) is 53.8 Å². The SMILES string of the molecule is COc1cc(C2CCC(c3cc(OC)c(OC)c(OC)c3)O2)c(S(C)(=O)=O)cc1OCCOSC. The molecule has 1 aliphatic heterocycles. The zero-order valence-electron chi connectivity index (χ0n) is 20.8. The topological polar surface area (TPSA) is 98.8 Å². The van der Waals surface area contributed by atoms with Gasteiger partial charge in [-0.3, -0.25) is 0 Å². The molecular formula is C24H32O9S2. The van der Waals surface area contributed by atoms with Gasteiger partial charge in [0.25, 0.3) is 0 Å². The minimum absolute atomic E-state index is 0.148. The number of hydrogen-bond donors (Lipinski definition) is 0. The van der Waals surface area contributed by atoms with Crippen molar-refractivity contribution in [3.63, 3.8) is 0 Å². The quantitative estimate of drug-likeness (QED) is 0.291. The molecule has 11 heteroatoms. The minimum atomic E-state index is -3.57. The Morgan fingerprint density at radius 3 is 2.03 bits per heavy atom. The van der Waals surface area contributed by atoms with Crippen LogP contribution >= 0.6 is 12.0 Å². The number of sulfone groups is 1. The molecule has 2 atom stereocenters. The Morgan fingerprint density at radius 1 is 0.857 bits per heavy atom. The van der Waals surface area contributed by atoms with E-state index in [9.17, 15) is 8.42 Å². The van der Waals surface area contributed by atoms with Gasteiger partial charge in [-0.2, -0.15) is 0 Å². The van der Waals surface area contributed by atoms with Crippen molar-refractivity contribution in [1.29, 1.82) is 0 Å². The van der Waals surface area contributed by atoms with E-state index < -0.39 is 15.9 Å². The van der Waals surface area contributed by atoms with Gasteiger partial charge in [0, 0.05) is 24.1 Å². The molecule has 3 rings (SSSR count). The summed E-state index contributed by atoms with van der Waals surface area (Å²) in [5, 5.41) is 0. The van der Waals surface area contributed by atoms with Gasteiger partial charge in [0.1, 0.15) is 6.61 Å². The molecule has 2 unspecified atom stereocenters. The molecule has 0 N–H and O–H groups in total. The number of rotatable bonds is 12. The van der Waals surface area contributed by atoms with Crippen LogP contribution in [0.4, 0.5) is 0 Å². The van der Waals surface area contributed by atoms with Crippen molar-refractivity contribution in [2.45, 2.75) is 29.9 Å². The predicted octanol–water partition coefficient (Wildman–Crippen LogP) is 4.39. The molecule has 9 nitrogen and oxygen atoms in total. The number of hydrogen-bond acceptors (Lipinski definition) is 10. The van der Waals surface area contributed by atoms with Crippen LogP contribution in [-0.2, 0) is 18.8 Å². The molecule has 0 aliphatic carbocycles. The van der Waals surface area contributed by atoms with Crippen molar-refractivity contribution in [2.24, 2.45) is 0 Å². The normalized spacial score (nSPS) is 17.8. The lowest BCUT2D eigenvalue weighted by Gasteiger charge is -2.21. The van der Waals surface area contributed by atoms with Crippen molar-refractivity contribution < 1.29 is 41.0 Å². The van der Waals surface area contributed by atoms with Gasteiger partial charge < -0.3 is 32.6 Å². The molecule has 2 aromatic rings. The number of benzene rings is 2. The Kier molecular flexibility index (Phi) is 9.40. The van der Waals surface area contributed by atoms with Crippen molar-refractivity contribution in [2.75, 3.05) is 54.2 Å². The summed E-state index contributed by atoms with van der Waals surface area (Å²) in [6.45, 7) is 0.603. The lowest BCUT2D eigenvalue weighted by atomic mass is 10.0. The zero-order chi connectivity index (χ0) is 25.6. The first-order valence-corrected chi connectivity index (χ1v) is 14.0. The molecule has 0 aromatic heterocycles. The van der Waals surface area contributed by atoms with Crippen molar-refractivity contribution in [3.05, 3.63) is 35.4 Å². The van der Waals surface area contributed by atoms with Gasteiger partial charge in [0.15, 0.2) is 32.8 Å². The summed E-state index contributed by atoms with van der Waals surface area (Å²) in [4.78, 5) is 0.148. The Morgan fingerprint density at radius 2 is 1.49 bits per heavy atom. The molecule has 194 valence electrons. The Balaban J connectivity index is 1.93. The van der Waals surface area contributed by atoms with E-state index in [4.69, 9.17) is 32.6 Å². The van der Waals surface area contributed by atoms with E-state index in [2.05, 4.69) is 0 Å². The molecule has 2 aromatic carbocycles. The lowest BCUT2D eigenvalue weighted by Crippen LogP contribution is -2.10. The maximum Gasteiger partial charge on any atom is 0.203 e. The first-order chi connectivity index (χ1) is 16.8. The smallest absolute Gasteiger partial charge is 0.203 e. The van der Waals surface area contributed by atoms with Crippen molar-refractivity contribution >= 4 is 21.9 Å². The fourth-order valence-corrected chi connectivity index (χ4v) is 5.24. The Labute approximate surface area is 211 Å². The van der Waals surface area contributed by atoms with Crippen LogP contribution in [0.2, 0.25) is 0 Å². The molecule has 0 radical (unpaired) electrons. The van der Waals surface area contributed by atoms with Crippen LogP contribution in [0.5, 0.6) is 28.7 Å². The highest BCUT2D eigenvalue weighted by Gasteiger charge is 2.33. The van der Waals surface area contributed by atoms with Crippen LogP contribution in [0.3, 0.4) is 0 Å². The summed E-state index contributed by atoms with van der Waals surface area (Å²) < 4.78 is 64.6. The zero-order valence-corrected chi connectivity index (χ0v) is 22.4. The van der Waals surface area contributed by atoms with Gasteiger partial charge in [-0.15, -0.1) is 0 Å². The third kappa shape index (κ3) is 6.27. The lowest BCUT2D eigenvalue weighted by molar-refractivity contribution is 0.0421. The molecule has 0 saturated carbocycles. The average molecular weight is 529 g/mol. The Bertz CT molecular complexity index is 1090. The Hall–Kier alpha value is -2.34. The third-order valence-corrected chi connectivity index (χ3v) is 7.22. The number of ether oxygens (including phenoxy) is 6. The summed E-state index contributed by atoms with van der Waals surface area (Å²) in [6, 6.07) is 6.88. The van der Waals surface area contributed by atoms with Gasteiger partial charge in [-0.25, -0.2) is 8.42 Å². The standard InChI is InChI=1S/C24H32O9S2/c1-27-19-13-16(23(35(6,25)26)14-20(19)31-9-10-32-34-5)18-8-7-17(33-18)15-11-21(28-2)24(30-4)22(12-15)29-3/h11-14,17-18H,7-10H2,1-6H3. The van der Waals surface area contributed by atoms with Crippen LogP contribution in [0, 0.1) is 0 Å². The molecule has 0 amide bonds. The summed E-state index contributed by atoms with van der Waals surface area (Å²) in [6.07, 6.45) is 3.54. The minimum Gasteiger partial charge on any atom is -0.493 e. The van der Waals surface area contributed by atoms with Gasteiger partial charge in [-0.1, -0.05) is 0 Å². The van der Waals surface area contributed by atoms with Gasteiger partial charge in [0.05, 0.1) is 52.1 Å². The summed E-state index contributed by atoms with van der Waals surface area (Å²) in [5.74, 6) is 2.31. The van der Waals surface area contributed by atoms with Gasteiger partial charge in [-0.05, 0) is 48.6 Å². The molecule has 0 spiro atoms. The molecule has 35 heavy (non-hydrogen) atoms. The molecule has 1 saturated heterocycles. The highest BCUT2D eigenvalue weighted by molar-refractivity contribution is 7.93. The van der Waals surface area contributed by atoms with E-state index in [-0.39, 0.29) is 17.6 Å². The first kappa shape index (κ1) is 27.3. The summed E-state index contributed by atoms with van der Waals surface area (Å²) >= 11 is 1.23. The monoisotopic (exact) mass is 528 g/mol. The van der Waals surface area contributed by atoms with E-state index >= 15 is 0 Å². The molecule has 1 aliphatic rings. The maximum absolute atomic E-state index is 12.7.